The summed E-state index contributed by atoms with van der Waals surface area (Å²) < 4.78 is 10.5. The average Bonchev–Trinajstić information content (AvgIpc) is 2.80. The average molecular weight is 497 g/mol. The van der Waals surface area contributed by atoms with Crippen LogP contribution >= 0.6 is 0 Å². The maximum absolute atomic E-state index is 12.4. The van der Waals surface area contributed by atoms with Gasteiger partial charge in [0.15, 0.2) is 5.88 Å². The van der Waals surface area contributed by atoms with Crippen LogP contribution in [-0.2, 0) is 19.1 Å². The van der Waals surface area contributed by atoms with Crippen molar-refractivity contribution in [1.29, 1.82) is 0 Å². The van der Waals surface area contributed by atoms with E-state index in [0.29, 0.717) is 0 Å². The molecule has 1 aromatic rings. The van der Waals surface area contributed by atoms with E-state index >= 15 is 0 Å². The Hall–Kier alpha value is -3.02. The molecule has 15 heteroatoms. The summed E-state index contributed by atoms with van der Waals surface area (Å²) in [6.07, 6.45) is -11.2. The molecule has 0 spiro atoms. The number of aliphatic hydroxyl groups is 6. The number of rotatable bonds is 3. The standard InChI is InChI=1S/C20H23N3O12/c24-9-3-34-15(13(28)11(9)26)5-1-7(19(32)22-17(5)30)21-8-2-6(18(31)23-20(8)33)16-14(29)12(27)10(25)4-35-16/h1-2,9-16,24-29H,3-4H2,(H,22,30,32)(H2,23,31,33). The first-order chi connectivity index (χ1) is 16.5. The van der Waals surface area contributed by atoms with E-state index in [9.17, 15) is 50.1 Å². The van der Waals surface area contributed by atoms with E-state index in [1.54, 1.807) is 0 Å². The molecule has 3 aliphatic heterocycles. The fraction of sp³-hybridized carbons (Fsp3) is 0.500. The van der Waals surface area contributed by atoms with Crippen molar-refractivity contribution in [3.05, 3.63) is 33.6 Å². The number of pyridine rings is 1. The number of amides is 2. The van der Waals surface area contributed by atoms with Gasteiger partial charge in [-0.05, 0) is 12.1 Å². The molecular formula is C20H23N3O12. The summed E-state index contributed by atoms with van der Waals surface area (Å²) in [5.74, 6) is -2.67. The lowest BCUT2D eigenvalue weighted by Gasteiger charge is -2.36. The number of ether oxygens (including phenoxy) is 2. The van der Waals surface area contributed by atoms with Crippen molar-refractivity contribution in [3.63, 3.8) is 0 Å². The summed E-state index contributed by atoms with van der Waals surface area (Å²) >= 11 is 0. The highest BCUT2D eigenvalue weighted by Crippen LogP contribution is 2.34. The number of imide groups is 1. The number of carbonyl (C=O) groups is 2. The molecule has 9 N–H and O–H groups in total. The fourth-order valence-corrected chi connectivity index (χ4v) is 3.93. The molecule has 35 heavy (non-hydrogen) atoms. The van der Waals surface area contributed by atoms with Crippen molar-refractivity contribution in [2.75, 3.05) is 13.2 Å². The molecule has 190 valence electrons. The molecule has 0 radical (unpaired) electrons. The molecule has 2 amide bonds. The summed E-state index contributed by atoms with van der Waals surface area (Å²) in [6.45, 7) is -0.786. The Morgan fingerprint density at radius 2 is 1.40 bits per heavy atom. The van der Waals surface area contributed by atoms with E-state index in [4.69, 9.17) is 9.47 Å². The van der Waals surface area contributed by atoms with Gasteiger partial charge >= 0.3 is 0 Å². The van der Waals surface area contributed by atoms with Crippen LogP contribution in [0.2, 0.25) is 0 Å². The number of aliphatic imine (C=N–C) groups is 1. The van der Waals surface area contributed by atoms with Crippen molar-refractivity contribution in [2.24, 2.45) is 4.99 Å². The van der Waals surface area contributed by atoms with Gasteiger partial charge in [0, 0.05) is 5.56 Å². The molecule has 4 heterocycles. The molecule has 8 unspecified atom stereocenters. The van der Waals surface area contributed by atoms with E-state index in [1.165, 1.54) is 0 Å². The number of aromatic hydroxyl groups is 1. The highest BCUT2D eigenvalue weighted by atomic mass is 16.5. The van der Waals surface area contributed by atoms with Gasteiger partial charge in [-0.15, -0.1) is 0 Å². The van der Waals surface area contributed by atoms with Crippen LogP contribution in [0.3, 0.4) is 0 Å². The SMILES string of the molecule is O=C1NC(=O)C(=Nc2cc(C3OCC(O)C(O)C3O)c(O)[nH]c2=O)C=C1C1OCC(O)C(O)C1O. The Kier molecular flexibility index (Phi) is 6.85. The minimum absolute atomic E-state index is 0.206. The highest BCUT2D eigenvalue weighted by Gasteiger charge is 2.43. The van der Waals surface area contributed by atoms with Crippen LogP contribution in [0.15, 0.2) is 27.5 Å². The van der Waals surface area contributed by atoms with Crippen molar-refractivity contribution < 1.29 is 54.8 Å². The van der Waals surface area contributed by atoms with Gasteiger partial charge in [0.1, 0.15) is 60.2 Å². The van der Waals surface area contributed by atoms with E-state index in [0.717, 1.165) is 12.1 Å². The van der Waals surface area contributed by atoms with Crippen LogP contribution in [0, 0.1) is 0 Å². The maximum atomic E-state index is 12.4. The number of hydrogen-bond donors (Lipinski definition) is 9. The van der Waals surface area contributed by atoms with E-state index in [-0.39, 0.29) is 17.7 Å². The third-order valence-corrected chi connectivity index (χ3v) is 5.90. The Balaban J connectivity index is 1.71. The molecule has 8 atom stereocenters. The molecule has 2 saturated heterocycles. The second-order valence-corrected chi connectivity index (χ2v) is 8.27. The van der Waals surface area contributed by atoms with Gasteiger partial charge in [0.2, 0.25) is 0 Å². The lowest BCUT2D eigenvalue weighted by Crippen LogP contribution is -2.56. The zero-order chi connectivity index (χ0) is 25.6. The number of aromatic nitrogens is 1. The molecular weight excluding hydrogens is 474 g/mol. The maximum Gasteiger partial charge on any atom is 0.276 e. The molecule has 15 nitrogen and oxygen atoms in total. The second-order valence-electron chi connectivity index (χ2n) is 8.27. The molecule has 0 aromatic carbocycles. The monoisotopic (exact) mass is 497 g/mol. The summed E-state index contributed by atoms with van der Waals surface area (Å²) in [5, 5.41) is 71.6. The summed E-state index contributed by atoms with van der Waals surface area (Å²) in [7, 11) is 0. The highest BCUT2D eigenvalue weighted by molar-refractivity contribution is 6.49. The smallest absolute Gasteiger partial charge is 0.276 e. The first kappa shape index (κ1) is 25.1. The molecule has 0 bridgehead atoms. The third kappa shape index (κ3) is 4.63. The number of nitrogens with one attached hydrogen (secondary N) is 2. The molecule has 0 aliphatic carbocycles. The Morgan fingerprint density at radius 3 is 2.03 bits per heavy atom. The first-order valence-electron chi connectivity index (χ1n) is 10.4. The normalized spacial score (nSPS) is 37.2. The van der Waals surface area contributed by atoms with Gasteiger partial charge in [-0.3, -0.25) is 24.7 Å². The third-order valence-electron chi connectivity index (χ3n) is 5.90. The zero-order valence-electron chi connectivity index (χ0n) is 17.8. The largest absolute Gasteiger partial charge is 0.494 e. The van der Waals surface area contributed by atoms with E-state index < -0.39 is 90.1 Å². The fourth-order valence-electron chi connectivity index (χ4n) is 3.93. The second kappa shape index (κ2) is 9.56. The van der Waals surface area contributed by atoms with Crippen molar-refractivity contribution >= 4 is 23.2 Å². The number of aromatic amines is 1. The van der Waals surface area contributed by atoms with Gasteiger partial charge in [-0.25, -0.2) is 4.99 Å². The number of nitrogens with zero attached hydrogens (tertiary/aromatic N) is 1. The lowest BCUT2D eigenvalue weighted by atomic mass is 9.92. The van der Waals surface area contributed by atoms with Crippen LogP contribution in [0.1, 0.15) is 11.7 Å². The minimum Gasteiger partial charge on any atom is -0.494 e. The topological polar surface area (TPSA) is 251 Å². The molecule has 4 rings (SSSR count). The van der Waals surface area contributed by atoms with E-state index in [1.807, 2.05) is 5.32 Å². The first-order valence-corrected chi connectivity index (χ1v) is 10.4. The molecule has 1 aromatic heterocycles. The van der Waals surface area contributed by atoms with Crippen molar-refractivity contribution in [2.45, 2.75) is 48.8 Å². The minimum atomic E-state index is -1.71. The van der Waals surface area contributed by atoms with Crippen LogP contribution < -0.4 is 10.9 Å². The number of aliphatic hydroxyl groups excluding tert-OH is 6. The van der Waals surface area contributed by atoms with Gasteiger partial charge in [0.05, 0.1) is 18.8 Å². The zero-order valence-corrected chi connectivity index (χ0v) is 17.8. The van der Waals surface area contributed by atoms with Crippen LogP contribution in [0.25, 0.3) is 0 Å². The van der Waals surface area contributed by atoms with Gasteiger partial charge in [-0.2, -0.15) is 0 Å². The summed E-state index contributed by atoms with van der Waals surface area (Å²) in [6, 6.07) is 0.989. The Bertz CT molecular complexity index is 1150. The van der Waals surface area contributed by atoms with Crippen molar-refractivity contribution in [3.8, 4) is 5.88 Å². The summed E-state index contributed by atoms with van der Waals surface area (Å²) in [4.78, 5) is 43.0. The number of carbonyl (C=O) groups excluding carboxylic acids is 2. The molecule has 0 saturated carbocycles. The Morgan fingerprint density at radius 1 is 0.829 bits per heavy atom. The van der Waals surface area contributed by atoms with Gasteiger partial charge < -0.3 is 45.2 Å². The molecule has 3 aliphatic rings. The van der Waals surface area contributed by atoms with Gasteiger partial charge in [0.25, 0.3) is 17.4 Å². The molecule has 2 fully saturated rings. The van der Waals surface area contributed by atoms with E-state index in [2.05, 4.69) is 9.98 Å². The van der Waals surface area contributed by atoms with Gasteiger partial charge in [-0.1, -0.05) is 0 Å². The lowest BCUT2D eigenvalue weighted by molar-refractivity contribution is -0.189. The quantitative estimate of drug-likeness (QED) is 0.179. The van der Waals surface area contributed by atoms with Crippen LogP contribution in [-0.4, -0.2) is 114 Å². The van der Waals surface area contributed by atoms with Crippen LogP contribution in [0.4, 0.5) is 5.69 Å². The Labute approximate surface area is 195 Å². The van der Waals surface area contributed by atoms with Crippen molar-refractivity contribution in [1.82, 2.24) is 10.3 Å². The predicted octanol–water partition coefficient (Wildman–Crippen LogP) is -4.63. The predicted molar refractivity (Wildman–Crippen MR) is 112 cm³/mol. The number of hydrogen-bond acceptors (Lipinski definition) is 13. The number of H-pyrrole nitrogens is 1. The summed E-state index contributed by atoms with van der Waals surface area (Å²) in [5.41, 5.74) is -2.40. The van der Waals surface area contributed by atoms with Crippen LogP contribution in [0.5, 0.6) is 5.88 Å².